The van der Waals surface area contributed by atoms with Gasteiger partial charge < -0.3 is 0 Å². The molecule has 0 radical (unpaired) electrons. The molecule has 0 atom stereocenters. The highest BCUT2D eigenvalue weighted by atomic mass is 16.2. The second-order valence-corrected chi connectivity index (χ2v) is 5.45. The first kappa shape index (κ1) is 14.4. The summed E-state index contributed by atoms with van der Waals surface area (Å²) in [5.41, 5.74) is 0.366. The highest BCUT2D eigenvalue weighted by molar-refractivity contribution is 6.14. The smallest absolute Gasteiger partial charge is 0.261 e. The van der Waals surface area contributed by atoms with E-state index < -0.39 is 11.8 Å². The van der Waals surface area contributed by atoms with Gasteiger partial charge in [-0.1, -0.05) is 12.1 Å². The predicted molar refractivity (Wildman–Crippen MR) is 77.0 cm³/mol. The van der Waals surface area contributed by atoms with Crippen LogP contribution in [0.4, 0.5) is 0 Å². The van der Waals surface area contributed by atoms with E-state index in [1.54, 1.807) is 12.1 Å². The lowest BCUT2D eigenvalue weighted by molar-refractivity contribution is -0.126. The Morgan fingerprint density at radius 2 is 1.18 bits per heavy atom. The van der Waals surface area contributed by atoms with Gasteiger partial charge in [0.05, 0.1) is 11.1 Å². The van der Waals surface area contributed by atoms with E-state index in [1.165, 1.54) is 21.9 Å². The molecule has 0 bridgehead atoms. The van der Waals surface area contributed by atoms with Gasteiger partial charge in [-0.05, 0) is 25.0 Å². The number of likely N-dealkylation sites (tertiary alicyclic amines) is 2. The van der Waals surface area contributed by atoms with Crippen LogP contribution < -0.4 is 0 Å². The minimum absolute atomic E-state index is 0.183. The fraction of sp³-hybridized carbons (Fsp3) is 0.375. The Morgan fingerprint density at radius 3 is 1.50 bits per heavy atom. The summed E-state index contributed by atoms with van der Waals surface area (Å²) in [5, 5.41) is 0. The molecule has 22 heavy (non-hydrogen) atoms. The van der Waals surface area contributed by atoms with Crippen molar-refractivity contribution < 1.29 is 19.2 Å². The Hall–Kier alpha value is -2.50. The standard InChI is InChI=1S/C16H16N2O4/c19-13-7-3-9-17(13)15(21)11-5-1-2-6-12(11)16(22)18-10-4-8-14(18)20/h1-2,5-6H,3-4,7-10H2. The van der Waals surface area contributed by atoms with Crippen molar-refractivity contribution in [2.24, 2.45) is 0 Å². The van der Waals surface area contributed by atoms with Crippen LogP contribution in [0.5, 0.6) is 0 Å². The third kappa shape index (κ3) is 2.41. The molecule has 0 aromatic heterocycles. The maximum absolute atomic E-state index is 12.5. The first-order valence-corrected chi connectivity index (χ1v) is 7.38. The Labute approximate surface area is 127 Å². The monoisotopic (exact) mass is 300 g/mol. The Kier molecular flexibility index (Phi) is 3.75. The number of carbonyl (C=O) groups is 4. The third-order valence-corrected chi connectivity index (χ3v) is 4.03. The molecule has 1 aromatic carbocycles. The van der Waals surface area contributed by atoms with E-state index in [-0.39, 0.29) is 22.9 Å². The normalized spacial score (nSPS) is 18.2. The average Bonchev–Trinajstić information content (AvgIpc) is 3.14. The third-order valence-electron chi connectivity index (χ3n) is 4.03. The number of imide groups is 2. The van der Waals surface area contributed by atoms with Crippen LogP contribution >= 0.6 is 0 Å². The minimum atomic E-state index is -0.460. The molecule has 0 unspecified atom stereocenters. The minimum Gasteiger partial charge on any atom is -0.278 e. The molecule has 114 valence electrons. The van der Waals surface area contributed by atoms with Gasteiger partial charge in [-0.3, -0.25) is 29.0 Å². The molecule has 2 saturated heterocycles. The maximum Gasteiger partial charge on any atom is 0.261 e. The molecule has 6 nitrogen and oxygen atoms in total. The van der Waals surface area contributed by atoms with Crippen molar-refractivity contribution in [3.63, 3.8) is 0 Å². The summed E-state index contributed by atoms with van der Waals surface area (Å²) < 4.78 is 0. The second kappa shape index (κ2) is 5.71. The van der Waals surface area contributed by atoms with E-state index in [1.807, 2.05) is 0 Å². The summed E-state index contributed by atoms with van der Waals surface area (Å²) in [5.74, 6) is -1.36. The van der Waals surface area contributed by atoms with Crippen LogP contribution in [0.1, 0.15) is 46.4 Å². The molecule has 0 saturated carbocycles. The zero-order valence-corrected chi connectivity index (χ0v) is 12.1. The van der Waals surface area contributed by atoms with Gasteiger partial charge in [0.25, 0.3) is 11.8 Å². The van der Waals surface area contributed by atoms with E-state index in [0.29, 0.717) is 38.8 Å². The zero-order chi connectivity index (χ0) is 15.7. The van der Waals surface area contributed by atoms with Crippen molar-refractivity contribution in [1.29, 1.82) is 0 Å². The van der Waals surface area contributed by atoms with Gasteiger partial charge in [0.15, 0.2) is 0 Å². The number of carbonyl (C=O) groups excluding carboxylic acids is 4. The molecule has 3 rings (SSSR count). The number of hydrogen-bond acceptors (Lipinski definition) is 4. The molecule has 2 fully saturated rings. The molecule has 4 amide bonds. The fourth-order valence-electron chi connectivity index (χ4n) is 2.87. The van der Waals surface area contributed by atoms with Crippen molar-refractivity contribution in [2.75, 3.05) is 13.1 Å². The Bertz CT molecular complexity index is 611. The van der Waals surface area contributed by atoms with Gasteiger partial charge in [-0.15, -0.1) is 0 Å². The summed E-state index contributed by atoms with van der Waals surface area (Å²) in [6.07, 6.45) is 2.00. The maximum atomic E-state index is 12.5. The van der Waals surface area contributed by atoms with Gasteiger partial charge >= 0.3 is 0 Å². The SMILES string of the molecule is O=C1CCCN1C(=O)c1ccccc1C(=O)N1CCCC1=O. The Morgan fingerprint density at radius 1 is 0.773 bits per heavy atom. The van der Waals surface area contributed by atoms with Gasteiger partial charge in [0.2, 0.25) is 11.8 Å². The summed E-state index contributed by atoms with van der Waals surface area (Å²) in [4.78, 5) is 50.9. The molecular weight excluding hydrogens is 284 g/mol. The lowest BCUT2D eigenvalue weighted by Gasteiger charge is -2.18. The molecule has 0 N–H and O–H groups in total. The van der Waals surface area contributed by atoms with Crippen LogP contribution in [0, 0.1) is 0 Å². The molecule has 2 aliphatic rings. The van der Waals surface area contributed by atoms with E-state index >= 15 is 0 Å². The number of rotatable bonds is 2. The van der Waals surface area contributed by atoms with Gasteiger partial charge in [-0.25, -0.2) is 0 Å². The largest absolute Gasteiger partial charge is 0.278 e. The fourth-order valence-corrected chi connectivity index (χ4v) is 2.87. The number of hydrogen-bond donors (Lipinski definition) is 0. The molecule has 6 heteroatoms. The quantitative estimate of drug-likeness (QED) is 0.769. The Balaban J connectivity index is 1.93. The first-order valence-electron chi connectivity index (χ1n) is 7.38. The summed E-state index contributed by atoms with van der Waals surface area (Å²) >= 11 is 0. The molecule has 0 spiro atoms. The highest BCUT2D eigenvalue weighted by Gasteiger charge is 2.33. The predicted octanol–water partition coefficient (Wildman–Crippen LogP) is 1.21. The lowest BCUT2D eigenvalue weighted by Crippen LogP contribution is -2.36. The van der Waals surface area contributed by atoms with E-state index in [4.69, 9.17) is 0 Å². The summed E-state index contributed by atoms with van der Waals surface area (Å²) in [6, 6.07) is 6.36. The number of benzene rings is 1. The lowest BCUT2D eigenvalue weighted by atomic mass is 10.0. The first-order chi connectivity index (χ1) is 10.6. The molecule has 1 aromatic rings. The van der Waals surface area contributed by atoms with Crippen molar-refractivity contribution >= 4 is 23.6 Å². The highest BCUT2D eigenvalue weighted by Crippen LogP contribution is 2.21. The molecular formula is C16H16N2O4. The average molecular weight is 300 g/mol. The van der Waals surface area contributed by atoms with Gasteiger partial charge in [-0.2, -0.15) is 0 Å². The number of amides is 4. The van der Waals surface area contributed by atoms with Crippen LogP contribution in [0.3, 0.4) is 0 Å². The zero-order valence-electron chi connectivity index (χ0n) is 12.1. The van der Waals surface area contributed by atoms with E-state index in [0.717, 1.165) is 0 Å². The molecule has 0 aliphatic carbocycles. The number of nitrogens with zero attached hydrogens (tertiary/aromatic N) is 2. The van der Waals surface area contributed by atoms with Gasteiger partial charge in [0.1, 0.15) is 0 Å². The summed E-state index contributed by atoms with van der Waals surface area (Å²) in [7, 11) is 0. The topological polar surface area (TPSA) is 74.8 Å². The van der Waals surface area contributed by atoms with Crippen molar-refractivity contribution in [1.82, 2.24) is 9.80 Å². The second-order valence-electron chi connectivity index (χ2n) is 5.45. The van der Waals surface area contributed by atoms with Crippen molar-refractivity contribution in [2.45, 2.75) is 25.7 Å². The van der Waals surface area contributed by atoms with E-state index in [9.17, 15) is 19.2 Å². The van der Waals surface area contributed by atoms with Crippen molar-refractivity contribution in [3.05, 3.63) is 35.4 Å². The van der Waals surface area contributed by atoms with E-state index in [2.05, 4.69) is 0 Å². The van der Waals surface area contributed by atoms with Crippen LogP contribution in [0.15, 0.2) is 24.3 Å². The molecule has 2 aliphatic heterocycles. The van der Waals surface area contributed by atoms with Crippen molar-refractivity contribution in [3.8, 4) is 0 Å². The summed E-state index contributed by atoms with van der Waals surface area (Å²) in [6.45, 7) is 0.756. The van der Waals surface area contributed by atoms with Gasteiger partial charge in [0, 0.05) is 25.9 Å². The van der Waals surface area contributed by atoms with Crippen LogP contribution in [0.25, 0.3) is 0 Å². The molecule has 2 heterocycles. The van der Waals surface area contributed by atoms with Crippen LogP contribution in [0.2, 0.25) is 0 Å². The van der Waals surface area contributed by atoms with Crippen LogP contribution in [-0.4, -0.2) is 46.5 Å². The van der Waals surface area contributed by atoms with Crippen LogP contribution in [-0.2, 0) is 9.59 Å².